The molecule has 8 nitrogen and oxygen atoms in total. The molecule has 146 valence electrons. The first-order chi connectivity index (χ1) is 12.4. The van der Waals surface area contributed by atoms with E-state index in [2.05, 4.69) is 20.2 Å². The predicted octanol–water partition coefficient (Wildman–Crippen LogP) is 2.20. The van der Waals surface area contributed by atoms with Crippen molar-refractivity contribution in [3.05, 3.63) is 38.9 Å². The summed E-state index contributed by atoms with van der Waals surface area (Å²) in [5.74, 6) is 1.20. The second kappa shape index (κ2) is 7.09. The lowest BCUT2D eigenvalue weighted by atomic mass is 9.98. The van der Waals surface area contributed by atoms with Gasteiger partial charge in [0, 0.05) is 19.2 Å². The van der Waals surface area contributed by atoms with Gasteiger partial charge in [0.15, 0.2) is 11.5 Å². The van der Waals surface area contributed by atoms with Crippen molar-refractivity contribution < 1.29 is 4.52 Å². The van der Waals surface area contributed by atoms with Gasteiger partial charge in [0.25, 0.3) is 5.56 Å². The number of H-pyrrole nitrogens is 1. The molecule has 0 spiro atoms. The number of hydrogen-bond donors (Lipinski definition) is 2. The number of rotatable bonds is 4. The quantitative estimate of drug-likeness (QED) is 0.703. The third-order valence-electron chi connectivity index (χ3n) is 5.57. The summed E-state index contributed by atoms with van der Waals surface area (Å²) in [5, 5.41) is 7.74. The van der Waals surface area contributed by atoms with Gasteiger partial charge in [-0.1, -0.05) is 18.0 Å². The Balaban J connectivity index is 0.00000210. The number of nitrogens with zero attached hydrogens (tertiary/aromatic N) is 4. The molecule has 0 saturated heterocycles. The highest BCUT2D eigenvalue weighted by atomic mass is 35.5. The molecule has 27 heavy (non-hydrogen) atoms. The Morgan fingerprint density at radius 3 is 2.63 bits per heavy atom. The zero-order valence-corrected chi connectivity index (χ0v) is 16.7. The van der Waals surface area contributed by atoms with Gasteiger partial charge in [0.05, 0.1) is 10.9 Å². The van der Waals surface area contributed by atoms with Crippen molar-refractivity contribution in [1.82, 2.24) is 24.9 Å². The molecule has 0 aliphatic heterocycles. The fourth-order valence-corrected chi connectivity index (χ4v) is 4.00. The van der Waals surface area contributed by atoms with Crippen LogP contribution in [-0.2, 0) is 25.4 Å². The van der Waals surface area contributed by atoms with E-state index in [1.807, 2.05) is 13.8 Å². The summed E-state index contributed by atoms with van der Waals surface area (Å²) in [5.41, 5.74) is 9.44. The summed E-state index contributed by atoms with van der Waals surface area (Å²) in [7, 11) is 1.70. The normalized spacial score (nSPS) is 16.0. The van der Waals surface area contributed by atoms with Gasteiger partial charge in [-0.2, -0.15) is 4.98 Å². The van der Waals surface area contributed by atoms with Crippen LogP contribution < -0.4 is 11.3 Å². The van der Waals surface area contributed by atoms with E-state index in [4.69, 9.17) is 10.3 Å². The minimum atomic E-state index is -0.439. The van der Waals surface area contributed by atoms with Crippen LogP contribution in [0.3, 0.4) is 0 Å². The van der Waals surface area contributed by atoms with E-state index < -0.39 is 5.54 Å². The van der Waals surface area contributed by atoms with Crippen molar-refractivity contribution >= 4 is 23.4 Å². The number of nitrogens with one attached hydrogen (secondary N) is 1. The van der Waals surface area contributed by atoms with Crippen molar-refractivity contribution in [2.75, 3.05) is 0 Å². The molecule has 3 heterocycles. The summed E-state index contributed by atoms with van der Waals surface area (Å²) in [6, 6.07) is 0. The maximum atomic E-state index is 12.3. The average molecular weight is 393 g/mol. The van der Waals surface area contributed by atoms with Gasteiger partial charge >= 0.3 is 0 Å². The molecule has 0 bridgehead atoms. The molecule has 1 fully saturated rings. The van der Waals surface area contributed by atoms with Crippen molar-refractivity contribution in [3.63, 3.8) is 0 Å². The summed E-state index contributed by atoms with van der Waals surface area (Å²) >= 11 is 0. The number of aromatic amines is 1. The van der Waals surface area contributed by atoms with Gasteiger partial charge in [-0.15, -0.1) is 12.4 Å². The number of pyridine rings is 1. The Hall–Kier alpha value is -2.19. The minimum Gasteiger partial charge on any atom is -0.339 e. The molecule has 3 aromatic rings. The topological polar surface area (TPSA) is 116 Å². The van der Waals surface area contributed by atoms with Crippen LogP contribution in [0.4, 0.5) is 0 Å². The van der Waals surface area contributed by atoms with E-state index in [1.165, 1.54) is 4.68 Å². The zero-order chi connectivity index (χ0) is 18.5. The van der Waals surface area contributed by atoms with E-state index in [0.717, 1.165) is 42.5 Å². The average Bonchev–Trinajstić information content (AvgIpc) is 3.29. The lowest BCUT2D eigenvalue weighted by Gasteiger charge is -2.17. The highest BCUT2D eigenvalue weighted by Gasteiger charge is 2.35. The molecule has 0 amide bonds. The molecule has 0 radical (unpaired) electrons. The van der Waals surface area contributed by atoms with Crippen LogP contribution in [-0.4, -0.2) is 24.9 Å². The van der Waals surface area contributed by atoms with Gasteiger partial charge in [0.2, 0.25) is 5.89 Å². The fraction of sp³-hybridized carbons (Fsp3) is 0.556. The molecule has 0 unspecified atom stereocenters. The number of fused-ring (bicyclic) bond motifs is 1. The molecule has 3 N–H and O–H groups in total. The highest BCUT2D eigenvalue weighted by molar-refractivity contribution is 5.85. The zero-order valence-electron chi connectivity index (χ0n) is 15.8. The van der Waals surface area contributed by atoms with E-state index in [-0.39, 0.29) is 18.0 Å². The molecule has 1 aliphatic rings. The molecule has 0 atom stereocenters. The standard InChI is InChI=1S/C18H24N6O2.ClH/c1-10-12(11(2)20-15-14(10)16(25)24(3)22-15)6-7-13-21-17(23-26-13)18(19)8-4-5-9-18;/h4-9,19H2,1-3H3,(H,20,22);1H. The second-order valence-electron chi connectivity index (χ2n) is 7.38. The third kappa shape index (κ3) is 3.27. The van der Waals surface area contributed by atoms with Crippen molar-refractivity contribution in [1.29, 1.82) is 0 Å². The van der Waals surface area contributed by atoms with Crippen molar-refractivity contribution in [2.24, 2.45) is 12.8 Å². The maximum absolute atomic E-state index is 12.3. The maximum Gasteiger partial charge on any atom is 0.276 e. The first-order valence-corrected chi connectivity index (χ1v) is 9.06. The number of aryl methyl sites for hydroxylation is 4. The summed E-state index contributed by atoms with van der Waals surface area (Å²) in [6.45, 7) is 3.92. The van der Waals surface area contributed by atoms with Crippen molar-refractivity contribution in [2.45, 2.75) is 57.9 Å². The van der Waals surface area contributed by atoms with E-state index in [9.17, 15) is 4.79 Å². The van der Waals surface area contributed by atoms with Gasteiger partial charge in [-0.05, 0) is 44.2 Å². The van der Waals surface area contributed by atoms with Gasteiger partial charge in [-0.3, -0.25) is 14.6 Å². The smallest absolute Gasteiger partial charge is 0.276 e. The largest absolute Gasteiger partial charge is 0.339 e. The summed E-state index contributed by atoms with van der Waals surface area (Å²) in [6.07, 6.45) is 5.31. The lowest BCUT2D eigenvalue weighted by molar-refractivity contribution is 0.348. The Morgan fingerprint density at radius 1 is 1.22 bits per heavy atom. The molecule has 1 saturated carbocycles. The Bertz CT molecular complexity index is 1030. The van der Waals surface area contributed by atoms with E-state index >= 15 is 0 Å². The van der Waals surface area contributed by atoms with Crippen LogP contribution in [0.1, 0.15) is 54.2 Å². The van der Waals surface area contributed by atoms with Crippen molar-refractivity contribution in [3.8, 4) is 0 Å². The van der Waals surface area contributed by atoms with Crippen LogP contribution in [0.2, 0.25) is 0 Å². The van der Waals surface area contributed by atoms with Crippen LogP contribution >= 0.6 is 12.4 Å². The van der Waals surface area contributed by atoms with Crippen LogP contribution in [0.25, 0.3) is 11.0 Å². The second-order valence-corrected chi connectivity index (χ2v) is 7.38. The molecule has 1 aliphatic carbocycles. The number of aromatic nitrogens is 5. The van der Waals surface area contributed by atoms with E-state index in [0.29, 0.717) is 35.6 Å². The summed E-state index contributed by atoms with van der Waals surface area (Å²) in [4.78, 5) is 21.4. The third-order valence-corrected chi connectivity index (χ3v) is 5.57. The van der Waals surface area contributed by atoms with Gasteiger partial charge in [0.1, 0.15) is 0 Å². The van der Waals surface area contributed by atoms with Crippen LogP contribution in [0.5, 0.6) is 0 Å². The number of halogens is 1. The highest BCUT2D eigenvalue weighted by Crippen LogP contribution is 2.34. The Labute approximate surface area is 162 Å². The van der Waals surface area contributed by atoms with E-state index in [1.54, 1.807) is 7.05 Å². The van der Waals surface area contributed by atoms with Crippen LogP contribution in [0.15, 0.2) is 9.32 Å². The molecule has 4 rings (SSSR count). The minimum absolute atomic E-state index is 0. The van der Waals surface area contributed by atoms with Gasteiger partial charge in [-0.25, -0.2) is 4.98 Å². The predicted molar refractivity (Wildman–Crippen MR) is 104 cm³/mol. The Kier molecular flexibility index (Phi) is 5.14. The SMILES string of the molecule is Cc1nc2[nH]n(C)c(=O)c2c(C)c1CCc1nc(C2(N)CCCC2)no1.Cl. The van der Waals surface area contributed by atoms with Crippen LogP contribution in [0, 0.1) is 13.8 Å². The fourth-order valence-electron chi connectivity index (χ4n) is 4.00. The first-order valence-electron chi connectivity index (χ1n) is 9.06. The molecule has 9 heteroatoms. The number of hydrogen-bond acceptors (Lipinski definition) is 6. The molecule has 0 aromatic carbocycles. The monoisotopic (exact) mass is 392 g/mol. The molecular formula is C18H25ClN6O2. The molecular weight excluding hydrogens is 368 g/mol. The first kappa shape index (κ1) is 19.6. The summed E-state index contributed by atoms with van der Waals surface area (Å²) < 4.78 is 6.88. The Morgan fingerprint density at radius 2 is 1.93 bits per heavy atom. The number of nitrogens with two attached hydrogens (primary N) is 1. The van der Waals surface area contributed by atoms with Gasteiger partial charge < -0.3 is 10.3 Å². The lowest BCUT2D eigenvalue weighted by Crippen LogP contribution is -2.34. The molecule has 3 aromatic heterocycles.